The van der Waals surface area contributed by atoms with Crippen LogP contribution in [0.5, 0.6) is 0 Å². The lowest BCUT2D eigenvalue weighted by Gasteiger charge is -2.40. The van der Waals surface area contributed by atoms with Crippen molar-refractivity contribution in [2.24, 2.45) is 17.6 Å². The van der Waals surface area contributed by atoms with Crippen molar-refractivity contribution in [3.05, 3.63) is 0 Å². The van der Waals surface area contributed by atoms with Gasteiger partial charge in [0.2, 0.25) is 31.9 Å². The molecule has 123 heavy (non-hydrogen) atoms. The molecule has 3 unspecified atom stereocenters. The second-order valence-corrected chi connectivity index (χ2v) is 54.8. The molecule has 3 N–H and O–H groups in total. The number of thioether (sulfide) groups is 1. The summed E-state index contributed by atoms with van der Waals surface area (Å²) < 4.78 is 164. The van der Waals surface area contributed by atoms with E-state index in [1.165, 1.54) is 55.9 Å². The first-order valence-corrected chi connectivity index (χ1v) is 59.8. The number of nitrogens with one attached hydrogen (secondary N) is 1. The minimum atomic E-state index is -2.97. The summed E-state index contributed by atoms with van der Waals surface area (Å²) in [6.07, 6.45) is 14.0. The van der Waals surface area contributed by atoms with Crippen molar-refractivity contribution in [3.63, 3.8) is 0 Å². The SMILES string of the molecule is CC(=O)N1CCN(C)CC1.CC(C)CC1CCN(S(C)(=O)=O)C1.CC(C)N1CC(S(C)(=O)=O)C1.CC(C)N1CCC(S(C)(=O)=O)C1.CC(C)N1CCC(S(C)(=O)=O)CC1.CC(C)N1CCC[C@H]1C(N)=O.CC(C)N1CCN(S(C)(=O)=O)CC1.CC(C)N1CCOCC1.CC(C)N1CCS(=O)(=O)CC1.CC(C)N1CCSCC1.CC(C)NC1CCS(=O)(=O)C1. The number of sulfonamides is 2. The number of hydrogen-bond donors (Lipinski definition) is 2. The molecule has 11 aliphatic rings. The van der Waals surface area contributed by atoms with E-state index >= 15 is 0 Å². The molecule has 0 spiro atoms. The van der Waals surface area contributed by atoms with Crippen LogP contribution < -0.4 is 11.1 Å². The number of likely N-dealkylation sites (tertiary alicyclic amines) is 4. The van der Waals surface area contributed by atoms with Gasteiger partial charge in [-0.25, -0.2) is 63.2 Å². The maximum absolute atomic E-state index is 11.2. The Morgan fingerprint density at radius 2 is 0.821 bits per heavy atom. The highest BCUT2D eigenvalue weighted by atomic mass is 32.2. The van der Waals surface area contributed by atoms with Gasteiger partial charge in [-0.15, -0.1) is 0 Å². The summed E-state index contributed by atoms with van der Waals surface area (Å²) in [7, 11) is -17.6. The molecule has 11 heterocycles. The smallest absolute Gasteiger partial charge is 0.234 e. The topological polar surface area (TPSA) is 359 Å². The summed E-state index contributed by atoms with van der Waals surface area (Å²) in [6, 6.07) is 4.94. The summed E-state index contributed by atoms with van der Waals surface area (Å²) in [5.74, 6) is 5.30. The maximum atomic E-state index is 11.2. The number of piperidine rings is 1. The molecule has 0 radical (unpaired) electrons. The largest absolute Gasteiger partial charge is 0.379 e. The normalized spacial score (nSPS) is 24.4. The van der Waals surface area contributed by atoms with E-state index in [1.807, 2.05) is 18.7 Å². The number of carbonyl (C=O) groups is 2. The van der Waals surface area contributed by atoms with Crippen molar-refractivity contribution in [2.45, 2.75) is 279 Å². The highest BCUT2D eigenvalue weighted by Crippen LogP contribution is 2.26. The van der Waals surface area contributed by atoms with E-state index in [0.29, 0.717) is 109 Å². The number of hydrogen-bond acceptors (Lipinski definition) is 28. The molecule has 2 amide bonds. The quantitative estimate of drug-likeness (QED) is 0.173. The molecule has 11 aliphatic heterocycles. The second kappa shape index (κ2) is 57.8. The fraction of sp³-hybridized carbons (Fsp3) is 0.976. The van der Waals surface area contributed by atoms with Crippen LogP contribution in [-0.2, 0) is 83.6 Å². The van der Waals surface area contributed by atoms with Crippen molar-refractivity contribution < 1.29 is 73.3 Å². The van der Waals surface area contributed by atoms with Gasteiger partial charge in [-0.2, -0.15) is 16.1 Å². The maximum Gasteiger partial charge on any atom is 0.234 e. The lowest BCUT2D eigenvalue weighted by Crippen LogP contribution is -2.56. The van der Waals surface area contributed by atoms with E-state index in [-0.39, 0.29) is 39.6 Å². The van der Waals surface area contributed by atoms with Crippen LogP contribution in [0.4, 0.5) is 0 Å². The number of piperazine rings is 2. The molecule has 734 valence electrons. The predicted octanol–water partition coefficient (Wildman–Crippen LogP) is 5.42. The molecule has 11 fully saturated rings. The Hall–Kier alpha value is -1.58. The standard InChI is InChI=1S/2C9H19NO2S.C8H18N2O2S.C8H16N2O.C8H17NO2S.C7H14N2O.3C7H15NO2S.C7H15NO.C7H15NS/c1-8(2)10-6-4-9(5-7-10)13(3,11)12;1-8(2)6-9-4-5-10(7-9)13(3,11)12;1-8(2)9-4-6-10(7-5-9)13(3,11)12;1-6(2)10-5-3-4-7(10)8(9)11;1-7(2)9-5-4-8(6-9)12(3,10)11;1-7(10)9-5-3-8(2)4-6-9;1-6(2)8-4-7(5-8)11(3,9)10;1-7(2)8-3-5-11(9,10)6-4-8;1-6(2)8-7-3-4-11(9,10)5-7;2*1-7(2)8-3-5-9-6-4-8/h2*8-9H,4-7H2,1-3H3;8H,4-7H2,1-3H3;6-7H,3-5H2,1-2H3,(H2,9,11);7-8H,4-6H2,1-3H3;3-6H2,1-2H3;6-7H,4-5H2,1-3H3;7H,3-6H2,1-2H3;6-8H,3-5H2,1-2H3;2*7H,3-6H2,1-2H3/t;;;7-;;;;;;;/m...0......./s1. The third-order valence-corrected chi connectivity index (χ3v) is 35.9. The predicted molar refractivity (Wildman–Crippen MR) is 513 cm³/mol. The highest BCUT2D eigenvalue weighted by Gasteiger charge is 2.37. The molecule has 0 saturated carbocycles. The summed E-state index contributed by atoms with van der Waals surface area (Å²) in [6.45, 7) is 66.6. The number of ether oxygens (including phenoxy) is 1. The average Bonchev–Trinajstić information content (AvgIpc) is 0.870. The minimum Gasteiger partial charge on any atom is -0.379 e. The summed E-state index contributed by atoms with van der Waals surface area (Å²) in [5, 5.41) is 2.89. The summed E-state index contributed by atoms with van der Waals surface area (Å²) in [4.78, 5) is 44.2. The number of morpholine rings is 1. The molecule has 0 aromatic heterocycles. The first-order valence-electron chi connectivity index (χ1n) is 45.4. The molecule has 11 rings (SSSR count). The van der Waals surface area contributed by atoms with E-state index in [0.717, 1.165) is 182 Å². The van der Waals surface area contributed by atoms with E-state index < -0.39 is 69.2 Å². The number of primary amides is 1. The lowest BCUT2D eigenvalue weighted by molar-refractivity contribution is -0.130. The van der Waals surface area contributed by atoms with E-state index in [1.54, 1.807) is 15.5 Å². The second-order valence-electron chi connectivity index (χ2n) is 38.1. The van der Waals surface area contributed by atoms with Gasteiger partial charge in [-0.3, -0.25) is 43.9 Å². The van der Waals surface area contributed by atoms with Crippen LogP contribution in [0.1, 0.15) is 197 Å². The third kappa shape index (κ3) is 51.3. The van der Waals surface area contributed by atoms with Crippen LogP contribution in [0, 0.1) is 11.8 Å². The van der Waals surface area contributed by atoms with Gasteiger partial charge in [0.05, 0.1) is 70.5 Å². The summed E-state index contributed by atoms with van der Waals surface area (Å²) in [5.41, 5.74) is 5.25. The fourth-order valence-corrected chi connectivity index (χ4v) is 24.3. The van der Waals surface area contributed by atoms with E-state index in [4.69, 9.17) is 10.5 Å². The lowest BCUT2D eigenvalue weighted by atomic mass is 9.97. The molecule has 11 saturated heterocycles. The molecule has 0 bridgehead atoms. The Balaban J connectivity index is 0.000000678. The van der Waals surface area contributed by atoms with Crippen molar-refractivity contribution in [2.75, 3.05) is 237 Å². The first-order chi connectivity index (χ1) is 56.5. The Morgan fingerprint density at radius 3 is 1.15 bits per heavy atom. The number of nitrogens with zero attached hydrogens (tertiary/aromatic N) is 12. The molecular formula is C84H178N14O17S8. The van der Waals surface area contributed by atoms with Gasteiger partial charge < -0.3 is 30.5 Å². The van der Waals surface area contributed by atoms with Gasteiger partial charge in [-0.1, -0.05) is 27.7 Å². The van der Waals surface area contributed by atoms with Crippen LogP contribution in [0.2, 0.25) is 0 Å². The fourth-order valence-electron chi connectivity index (χ4n) is 15.7. The molecule has 4 atom stereocenters. The van der Waals surface area contributed by atoms with E-state index in [2.05, 4.69) is 193 Å². The van der Waals surface area contributed by atoms with Crippen LogP contribution >= 0.6 is 11.8 Å². The molecule has 0 aromatic rings. The number of nitrogens with two attached hydrogens (primary N) is 1. The van der Waals surface area contributed by atoms with Crippen LogP contribution in [0.15, 0.2) is 0 Å². The first kappa shape index (κ1) is 119. The van der Waals surface area contributed by atoms with Gasteiger partial charge in [0, 0.05) is 222 Å². The number of carbonyl (C=O) groups excluding carboxylic acids is 2. The van der Waals surface area contributed by atoms with Gasteiger partial charge in [0.1, 0.15) is 9.84 Å². The van der Waals surface area contributed by atoms with Crippen LogP contribution in [-0.4, -0.2) is 447 Å². The Labute approximate surface area is 756 Å². The average molecular weight is 1910 g/mol. The van der Waals surface area contributed by atoms with Gasteiger partial charge in [-0.05, 0) is 207 Å². The number of likely N-dealkylation sites (N-methyl/N-ethyl adjacent to an activating group) is 1. The minimum absolute atomic E-state index is 0.00463. The molecule has 0 aliphatic carbocycles. The number of sulfone groups is 5. The zero-order valence-corrected chi connectivity index (χ0v) is 88.0. The number of amides is 2. The molecule has 31 nitrogen and oxygen atoms in total. The van der Waals surface area contributed by atoms with Crippen LogP contribution in [0.25, 0.3) is 0 Å². The zero-order chi connectivity index (χ0) is 94.5. The number of rotatable bonds is 18. The van der Waals surface area contributed by atoms with Crippen molar-refractivity contribution in [1.29, 1.82) is 0 Å². The summed E-state index contributed by atoms with van der Waals surface area (Å²) >= 11 is 2.07. The Kier molecular flexibility index (Phi) is 56.1. The Morgan fingerprint density at radius 1 is 0.415 bits per heavy atom. The van der Waals surface area contributed by atoms with Gasteiger partial charge in [0.15, 0.2) is 39.3 Å². The van der Waals surface area contributed by atoms with Gasteiger partial charge in [0.25, 0.3) is 0 Å². The van der Waals surface area contributed by atoms with Crippen molar-refractivity contribution >= 4 is 92.8 Å². The Bertz CT molecular complexity index is 3610. The highest BCUT2D eigenvalue weighted by molar-refractivity contribution is 7.99. The van der Waals surface area contributed by atoms with Crippen molar-refractivity contribution in [1.82, 2.24) is 62.9 Å². The third-order valence-electron chi connectivity index (χ3n) is 24.2. The monoisotopic (exact) mass is 1910 g/mol. The van der Waals surface area contributed by atoms with Crippen LogP contribution in [0.3, 0.4) is 0 Å². The van der Waals surface area contributed by atoms with Crippen molar-refractivity contribution in [3.8, 4) is 0 Å². The van der Waals surface area contributed by atoms with Gasteiger partial charge >= 0.3 is 0 Å². The van der Waals surface area contributed by atoms with E-state index in [9.17, 15) is 68.5 Å². The zero-order valence-electron chi connectivity index (χ0n) is 81.5. The molecular weight excluding hydrogens is 1730 g/mol. The molecule has 0 aromatic carbocycles. The molecule has 39 heteroatoms.